The molecule has 0 aliphatic carbocycles. The van der Waals surface area contributed by atoms with Crippen molar-refractivity contribution in [2.24, 2.45) is 5.41 Å². The maximum atomic E-state index is 12.2. The molecule has 8 heteroatoms. The number of carbonyl (C=O) groups excluding carboxylic acids is 1. The van der Waals surface area contributed by atoms with Crippen molar-refractivity contribution in [1.82, 2.24) is 4.90 Å². The molecular weight excluding hydrogens is 337 g/mol. The summed E-state index contributed by atoms with van der Waals surface area (Å²) in [5.74, 6) is 0.291. The maximum absolute atomic E-state index is 12.2. The van der Waals surface area contributed by atoms with Crippen LogP contribution in [0.3, 0.4) is 0 Å². The Hall–Kier alpha value is -0.0700. The smallest absolute Gasteiger partial charge is 0.311 e. The molecule has 1 fully saturated rings. The van der Waals surface area contributed by atoms with Crippen molar-refractivity contribution in [3.63, 3.8) is 0 Å². The molecular formula is C15H30NO5PS. The van der Waals surface area contributed by atoms with Gasteiger partial charge < -0.3 is 14.0 Å². The zero-order valence-corrected chi connectivity index (χ0v) is 16.4. The largest absolute Gasteiger partial charge is 0.464 e. The third kappa shape index (κ3) is 7.57. The van der Waals surface area contributed by atoms with Crippen LogP contribution in [0.4, 0.5) is 0 Å². The highest BCUT2D eigenvalue weighted by Crippen LogP contribution is 2.58. The van der Waals surface area contributed by atoms with Gasteiger partial charge >= 0.3 is 5.97 Å². The van der Waals surface area contributed by atoms with Crippen molar-refractivity contribution < 1.29 is 23.4 Å². The van der Waals surface area contributed by atoms with Gasteiger partial charge in [0.15, 0.2) is 0 Å². The third-order valence-electron chi connectivity index (χ3n) is 3.98. The van der Waals surface area contributed by atoms with E-state index in [4.69, 9.17) is 14.0 Å². The highest BCUT2D eigenvalue weighted by atomic mass is 32.7. The summed E-state index contributed by atoms with van der Waals surface area (Å²) in [6.45, 7) is 7.55. The molecule has 0 bridgehead atoms. The number of esters is 1. The van der Waals surface area contributed by atoms with Crippen LogP contribution in [0.25, 0.3) is 0 Å². The van der Waals surface area contributed by atoms with Crippen LogP contribution < -0.4 is 0 Å². The van der Waals surface area contributed by atoms with Gasteiger partial charge in [-0.1, -0.05) is 18.3 Å². The van der Waals surface area contributed by atoms with E-state index in [1.54, 1.807) is 0 Å². The van der Waals surface area contributed by atoms with E-state index in [1.807, 2.05) is 20.8 Å². The van der Waals surface area contributed by atoms with Crippen LogP contribution in [-0.2, 0) is 23.4 Å². The average Bonchev–Trinajstić information content (AvgIpc) is 2.57. The van der Waals surface area contributed by atoms with Crippen LogP contribution in [-0.4, -0.2) is 69.3 Å². The zero-order chi connectivity index (χ0) is 17.3. The Kier molecular flexibility index (Phi) is 9.16. The minimum atomic E-state index is -2.61. The van der Waals surface area contributed by atoms with Crippen LogP contribution in [0, 0.1) is 5.41 Å². The van der Waals surface area contributed by atoms with Crippen LogP contribution in [0.2, 0.25) is 0 Å². The number of hydrogen-bond acceptors (Lipinski definition) is 7. The molecule has 0 N–H and O–H groups in total. The summed E-state index contributed by atoms with van der Waals surface area (Å²) in [7, 11) is 1.46. The van der Waals surface area contributed by atoms with E-state index in [9.17, 15) is 9.36 Å². The second-order valence-electron chi connectivity index (χ2n) is 6.17. The molecule has 0 aromatic carbocycles. The molecule has 1 aliphatic rings. The molecule has 0 amide bonds. The molecule has 1 atom stereocenters. The first-order chi connectivity index (χ1) is 10.8. The SMILES string of the molecule is CCP(=O)(OC)SCCOC(=O)C(C)(C)CCN1CCOCC1. The van der Waals surface area contributed by atoms with Crippen molar-refractivity contribution in [2.75, 3.05) is 58.5 Å². The van der Waals surface area contributed by atoms with Gasteiger partial charge in [0.1, 0.15) is 6.61 Å². The quantitative estimate of drug-likeness (QED) is 0.334. The number of carbonyl (C=O) groups is 1. The monoisotopic (exact) mass is 367 g/mol. The number of nitrogens with zero attached hydrogens (tertiary/aromatic N) is 1. The van der Waals surface area contributed by atoms with E-state index in [0.29, 0.717) is 11.9 Å². The minimum absolute atomic E-state index is 0.199. The number of rotatable bonds is 10. The average molecular weight is 367 g/mol. The Bertz CT molecular complexity index is 405. The lowest BCUT2D eigenvalue weighted by atomic mass is 9.89. The molecule has 0 radical (unpaired) electrons. The second kappa shape index (κ2) is 10.0. The summed E-state index contributed by atoms with van der Waals surface area (Å²) in [5.41, 5.74) is -0.515. The first kappa shape index (κ1) is 21.0. The first-order valence-corrected chi connectivity index (χ1v) is 11.5. The summed E-state index contributed by atoms with van der Waals surface area (Å²) >= 11 is 1.25. The fourth-order valence-corrected chi connectivity index (χ4v) is 5.05. The summed E-state index contributed by atoms with van der Waals surface area (Å²) < 4.78 is 27.8. The van der Waals surface area contributed by atoms with E-state index >= 15 is 0 Å². The molecule has 1 unspecified atom stereocenters. The highest BCUT2D eigenvalue weighted by Gasteiger charge is 2.30. The molecule has 1 rings (SSSR count). The molecule has 23 heavy (non-hydrogen) atoms. The van der Waals surface area contributed by atoms with Gasteiger partial charge in [-0.2, -0.15) is 0 Å². The maximum Gasteiger partial charge on any atom is 0.311 e. The molecule has 0 aromatic rings. The van der Waals surface area contributed by atoms with Crippen molar-refractivity contribution >= 4 is 23.9 Å². The first-order valence-electron chi connectivity index (χ1n) is 8.09. The predicted octanol–water partition coefficient (Wildman–Crippen LogP) is 2.87. The van der Waals surface area contributed by atoms with Gasteiger partial charge in [-0.3, -0.25) is 14.3 Å². The molecule has 6 nitrogen and oxygen atoms in total. The summed E-state index contributed by atoms with van der Waals surface area (Å²) in [6, 6.07) is 0. The highest BCUT2D eigenvalue weighted by molar-refractivity contribution is 8.56. The molecule has 1 saturated heterocycles. The molecule has 1 aliphatic heterocycles. The van der Waals surface area contributed by atoms with Crippen molar-refractivity contribution in [3.8, 4) is 0 Å². The fourth-order valence-electron chi connectivity index (χ4n) is 2.14. The van der Waals surface area contributed by atoms with Crippen LogP contribution in [0.5, 0.6) is 0 Å². The van der Waals surface area contributed by atoms with E-state index in [2.05, 4.69) is 4.90 Å². The van der Waals surface area contributed by atoms with E-state index in [1.165, 1.54) is 18.5 Å². The van der Waals surface area contributed by atoms with Gasteiger partial charge in [0.05, 0.1) is 18.6 Å². The lowest BCUT2D eigenvalue weighted by molar-refractivity contribution is -0.153. The van der Waals surface area contributed by atoms with E-state index in [0.717, 1.165) is 39.3 Å². The lowest BCUT2D eigenvalue weighted by Crippen LogP contribution is -2.39. The minimum Gasteiger partial charge on any atom is -0.464 e. The van der Waals surface area contributed by atoms with Crippen LogP contribution in [0.15, 0.2) is 0 Å². The third-order valence-corrected chi connectivity index (χ3v) is 9.00. The Labute approximate surface area is 143 Å². The standard InChI is InChI=1S/C15H30NO5PS/c1-5-22(18,19-4)23-13-12-21-14(17)15(2,3)6-7-16-8-10-20-11-9-16/h5-13H2,1-4H3. The number of hydrogen-bond donors (Lipinski definition) is 0. The van der Waals surface area contributed by atoms with E-state index < -0.39 is 12.0 Å². The van der Waals surface area contributed by atoms with Crippen molar-refractivity contribution in [2.45, 2.75) is 27.2 Å². The second-order valence-corrected chi connectivity index (χ2v) is 11.5. The molecule has 0 saturated carbocycles. The number of ether oxygens (including phenoxy) is 2. The topological polar surface area (TPSA) is 65.1 Å². The van der Waals surface area contributed by atoms with Gasteiger partial charge in [0.2, 0.25) is 0 Å². The molecule has 136 valence electrons. The lowest BCUT2D eigenvalue weighted by Gasteiger charge is -2.30. The predicted molar refractivity (Wildman–Crippen MR) is 94.2 cm³/mol. The Morgan fingerprint density at radius 2 is 2.00 bits per heavy atom. The van der Waals surface area contributed by atoms with Gasteiger partial charge in [0, 0.05) is 32.1 Å². The normalized spacial score (nSPS) is 19.3. The Morgan fingerprint density at radius 1 is 1.35 bits per heavy atom. The molecule has 1 heterocycles. The van der Waals surface area contributed by atoms with Crippen LogP contribution in [0.1, 0.15) is 27.2 Å². The zero-order valence-electron chi connectivity index (χ0n) is 14.7. The van der Waals surface area contributed by atoms with Gasteiger partial charge in [-0.25, -0.2) is 0 Å². The van der Waals surface area contributed by atoms with Crippen LogP contribution >= 0.6 is 18.0 Å². The van der Waals surface area contributed by atoms with Gasteiger partial charge in [-0.05, 0) is 26.8 Å². The van der Waals surface area contributed by atoms with Gasteiger partial charge in [-0.15, -0.1) is 0 Å². The fraction of sp³-hybridized carbons (Fsp3) is 0.933. The Balaban J connectivity index is 2.27. The number of morpholine rings is 1. The van der Waals surface area contributed by atoms with Crippen molar-refractivity contribution in [1.29, 1.82) is 0 Å². The summed E-state index contributed by atoms with van der Waals surface area (Å²) in [5, 5.41) is 0. The molecule has 0 spiro atoms. The van der Waals surface area contributed by atoms with Crippen molar-refractivity contribution in [3.05, 3.63) is 0 Å². The molecule has 0 aromatic heterocycles. The van der Waals surface area contributed by atoms with Gasteiger partial charge in [0.25, 0.3) is 6.57 Å². The van der Waals surface area contributed by atoms with E-state index in [-0.39, 0.29) is 12.6 Å². The summed E-state index contributed by atoms with van der Waals surface area (Å²) in [4.78, 5) is 14.5. The summed E-state index contributed by atoms with van der Waals surface area (Å²) in [6.07, 6.45) is 1.23. The Morgan fingerprint density at radius 3 is 2.57 bits per heavy atom.